The summed E-state index contributed by atoms with van der Waals surface area (Å²) in [6.07, 6.45) is 0.322. The quantitative estimate of drug-likeness (QED) is 0.427. The van der Waals surface area contributed by atoms with E-state index in [0.29, 0.717) is 10.7 Å². The fraction of sp³-hybridized carbons (Fsp3) is 0.571. The summed E-state index contributed by atoms with van der Waals surface area (Å²) < 4.78 is 10.2. The normalized spacial score (nSPS) is 20.1. The molecule has 1 amide bonds. The Labute approximate surface area is 142 Å². The van der Waals surface area contributed by atoms with Crippen molar-refractivity contribution in [2.75, 3.05) is 6.79 Å². The average Bonchev–Trinajstić information content (AvgIpc) is 2.69. The van der Waals surface area contributed by atoms with Gasteiger partial charge in [-0.05, 0) is 32.5 Å². The average molecular weight is 359 g/mol. The SMILES string of the molecule is CC(=O)SC1=C(C(=O)OCOC(=O)C(C)(C)C)N2C(=O)CC2S1. The molecule has 0 N–H and O–H groups in total. The second-order valence-corrected chi connectivity index (χ2v) is 8.64. The number of carbonyl (C=O) groups is 4. The number of fused-ring (bicyclic) bond motifs is 1. The first-order valence-electron chi connectivity index (χ1n) is 6.87. The molecule has 0 aromatic rings. The van der Waals surface area contributed by atoms with Crippen molar-refractivity contribution in [3.8, 4) is 0 Å². The molecule has 0 radical (unpaired) electrons. The van der Waals surface area contributed by atoms with Gasteiger partial charge in [0.2, 0.25) is 12.7 Å². The summed E-state index contributed by atoms with van der Waals surface area (Å²) in [4.78, 5) is 48.1. The van der Waals surface area contributed by atoms with Gasteiger partial charge in [0, 0.05) is 6.92 Å². The molecule has 1 saturated heterocycles. The van der Waals surface area contributed by atoms with Crippen molar-refractivity contribution in [2.24, 2.45) is 5.41 Å². The molecule has 1 atom stereocenters. The molecule has 2 heterocycles. The van der Waals surface area contributed by atoms with Crippen LogP contribution in [-0.4, -0.2) is 40.0 Å². The van der Waals surface area contributed by atoms with Gasteiger partial charge in [-0.2, -0.15) is 0 Å². The Hall–Kier alpha value is -1.48. The topological polar surface area (TPSA) is 90.0 Å². The highest BCUT2D eigenvalue weighted by molar-refractivity contribution is 8.29. The number of hydrogen-bond acceptors (Lipinski definition) is 8. The molecule has 2 aliphatic rings. The van der Waals surface area contributed by atoms with Crippen LogP contribution >= 0.6 is 23.5 Å². The molecule has 23 heavy (non-hydrogen) atoms. The van der Waals surface area contributed by atoms with Gasteiger partial charge in [0.15, 0.2) is 10.8 Å². The van der Waals surface area contributed by atoms with Crippen LogP contribution in [0.5, 0.6) is 0 Å². The molecule has 7 nitrogen and oxygen atoms in total. The molecule has 0 saturated carbocycles. The van der Waals surface area contributed by atoms with Gasteiger partial charge in [-0.1, -0.05) is 11.8 Å². The highest BCUT2D eigenvalue weighted by atomic mass is 32.2. The Morgan fingerprint density at radius 1 is 1.30 bits per heavy atom. The van der Waals surface area contributed by atoms with E-state index in [1.165, 1.54) is 23.6 Å². The van der Waals surface area contributed by atoms with Gasteiger partial charge in [0.25, 0.3) is 0 Å². The van der Waals surface area contributed by atoms with Crippen molar-refractivity contribution >= 4 is 46.5 Å². The first-order valence-corrected chi connectivity index (χ1v) is 8.56. The second kappa shape index (κ2) is 6.56. The van der Waals surface area contributed by atoms with E-state index < -0.39 is 24.1 Å². The summed E-state index contributed by atoms with van der Waals surface area (Å²) in [5.74, 6) is -1.48. The molecule has 9 heteroatoms. The van der Waals surface area contributed by atoms with E-state index in [-0.39, 0.29) is 22.1 Å². The first-order chi connectivity index (χ1) is 10.6. The Kier molecular flexibility index (Phi) is 5.10. The maximum absolute atomic E-state index is 12.2. The smallest absolute Gasteiger partial charge is 0.359 e. The van der Waals surface area contributed by atoms with E-state index in [0.717, 1.165) is 11.8 Å². The fourth-order valence-electron chi connectivity index (χ4n) is 1.83. The number of hydrogen-bond donors (Lipinski definition) is 0. The van der Waals surface area contributed by atoms with Crippen molar-refractivity contribution in [1.82, 2.24) is 4.90 Å². The predicted octanol–water partition coefficient (Wildman–Crippen LogP) is 1.83. The van der Waals surface area contributed by atoms with Gasteiger partial charge >= 0.3 is 11.9 Å². The van der Waals surface area contributed by atoms with Crippen LogP contribution < -0.4 is 0 Å². The predicted molar refractivity (Wildman–Crippen MR) is 84.6 cm³/mol. The number of carbonyl (C=O) groups excluding carboxylic acids is 4. The minimum absolute atomic E-state index is 0.0586. The lowest BCUT2D eigenvalue weighted by Crippen LogP contribution is -2.48. The van der Waals surface area contributed by atoms with E-state index in [2.05, 4.69) is 0 Å². The number of thioether (sulfide) groups is 2. The van der Waals surface area contributed by atoms with Gasteiger partial charge in [-0.25, -0.2) is 4.79 Å². The molecule has 2 aliphatic heterocycles. The lowest BCUT2D eigenvalue weighted by Gasteiger charge is -2.34. The number of rotatable bonds is 4. The van der Waals surface area contributed by atoms with E-state index in [1.807, 2.05) is 0 Å². The summed E-state index contributed by atoms with van der Waals surface area (Å²) >= 11 is 2.18. The number of amides is 1. The molecule has 1 fully saturated rings. The highest BCUT2D eigenvalue weighted by Gasteiger charge is 2.49. The van der Waals surface area contributed by atoms with E-state index in [4.69, 9.17) is 9.47 Å². The largest absolute Gasteiger partial charge is 0.427 e. The molecule has 0 aromatic carbocycles. The van der Waals surface area contributed by atoms with E-state index >= 15 is 0 Å². The molecule has 2 rings (SSSR count). The van der Waals surface area contributed by atoms with Crippen LogP contribution in [-0.2, 0) is 28.7 Å². The van der Waals surface area contributed by atoms with Crippen molar-refractivity contribution in [2.45, 2.75) is 39.5 Å². The third kappa shape index (κ3) is 3.89. The minimum Gasteiger partial charge on any atom is -0.427 e. The Morgan fingerprint density at radius 2 is 1.96 bits per heavy atom. The molecule has 126 valence electrons. The zero-order chi connectivity index (χ0) is 17.4. The molecular formula is C14H17NO6S2. The van der Waals surface area contributed by atoms with Gasteiger partial charge in [0.1, 0.15) is 0 Å². The summed E-state index contributed by atoms with van der Waals surface area (Å²) in [5.41, 5.74) is -0.647. The number of ether oxygens (including phenoxy) is 2. The number of esters is 2. The monoisotopic (exact) mass is 359 g/mol. The molecule has 0 aromatic heterocycles. The lowest BCUT2D eigenvalue weighted by molar-refractivity contribution is -0.173. The van der Waals surface area contributed by atoms with Gasteiger partial charge in [0.05, 0.1) is 21.4 Å². The summed E-state index contributed by atoms with van der Waals surface area (Å²) in [6.45, 7) is 5.88. The zero-order valence-corrected chi connectivity index (χ0v) is 14.8. The molecule has 1 unspecified atom stereocenters. The van der Waals surface area contributed by atoms with Gasteiger partial charge in [-0.15, -0.1) is 0 Å². The maximum atomic E-state index is 12.2. The Balaban J connectivity index is 2.02. The Bertz CT molecular complexity index is 607. The van der Waals surface area contributed by atoms with Crippen LogP contribution in [0.4, 0.5) is 0 Å². The summed E-state index contributed by atoms with van der Waals surface area (Å²) in [7, 11) is 0. The molecule has 0 aliphatic carbocycles. The summed E-state index contributed by atoms with van der Waals surface area (Å²) in [6, 6.07) is 0. The maximum Gasteiger partial charge on any atom is 0.359 e. The van der Waals surface area contributed by atoms with Gasteiger partial charge in [-0.3, -0.25) is 19.3 Å². The summed E-state index contributed by atoms with van der Waals surface area (Å²) in [5, 5.41) is -0.351. The van der Waals surface area contributed by atoms with Crippen molar-refractivity contribution in [3.05, 3.63) is 9.93 Å². The zero-order valence-electron chi connectivity index (χ0n) is 13.2. The number of β-lactam (4-membered cyclic amide) rings is 1. The van der Waals surface area contributed by atoms with Gasteiger partial charge < -0.3 is 9.47 Å². The molecular weight excluding hydrogens is 342 g/mol. The standard InChI is InChI=1S/C14H17NO6S2/c1-7(16)22-12-10(15-8(17)5-9(15)23-12)11(18)20-6-21-13(19)14(2,3)4/h9H,5-6H2,1-4H3. The highest BCUT2D eigenvalue weighted by Crippen LogP contribution is 2.50. The van der Waals surface area contributed by atoms with Crippen molar-refractivity contribution < 1.29 is 28.7 Å². The molecule has 0 spiro atoms. The number of nitrogens with zero attached hydrogens (tertiary/aromatic N) is 1. The third-order valence-electron chi connectivity index (χ3n) is 3.01. The molecule has 0 bridgehead atoms. The van der Waals surface area contributed by atoms with Crippen LogP contribution in [0.3, 0.4) is 0 Å². The minimum atomic E-state index is -0.779. The third-order valence-corrected chi connectivity index (χ3v) is 5.27. The fourth-order valence-corrected chi connectivity index (χ4v) is 4.35. The lowest BCUT2D eigenvalue weighted by atomic mass is 9.98. The van der Waals surface area contributed by atoms with E-state index in [1.54, 1.807) is 20.8 Å². The van der Waals surface area contributed by atoms with Crippen LogP contribution in [0.1, 0.15) is 34.1 Å². The van der Waals surface area contributed by atoms with Crippen LogP contribution in [0.15, 0.2) is 9.93 Å². The van der Waals surface area contributed by atoms with Crippen molar-refractivity contribution in [3.63, 3.8) is 0 Å². The van der Waals surface area contributed by atoms with Crippen LogP contribution in [0, 0.1) is 5.41 Å². The second-order valence-electron chi connectivity index (χ2n) is 6.00. The van der Waals surface area contributed by atoms with E-state index in [9.17, 15) is 19.2 Å². The van der Waals surface area contributed by atoms with Crippen LogP contribution in [0.25, 0.3) is 0 Å². The first kappa shape index (κ1) is 17.9. The Morgan fingerprint density at radius 3 is 2.48 bits per heavy atom. The van der Waals surface area contributed by atoms with Crippen LogP contribution in [0.2, 0.25) is 0 Å². The van der Waals surface area contributed by atoms with Crippen molar-refractivity contribution in [1.29, 1.82) is 0 Å².